The molecule has 1 nitrogen and oxygen atoms in total. The second-order valence-electron chi connectivity index (χ2n) is 5.77. The van der Waals surface area contributed by atoms with Gasteiger partial charge in [-0.05, 0) is 48.9 Å². The van der Waals surface area contributed by atoms with Crippen LogP contribution in [-0.2, 0) is 0 Å². The molecule has 3 rings (SSSR count). The van der Waals surface area contributed by atoms with Gasteiger partial charge in [0.1, 0.15) is 0 Å². The maximum absolute atomic E-state index is 10.2. The second-order valence-corrected chi connectivity index (χ2v) is 5.77. The molecule has 0 aromatic carbocycles. The van der Waals surface area contributed by atoms with E-state index in [1.54, 1.807) is 5.57 Å². The fourth-order valence-electron chi connectivity index (χ4n) is 3.94. The van der Waals surface area contributed by atoms with Crippen molar-refractivity contribution >= 4 is 0 Å². The molecule has 0 aromatic rings. The number of hydrogen-bond acceptors (Lipinski definition) is 1. The zero-order valence-corrected chi connectivity index (χ0v) is 9.16. The van der Waals surface area contributed by atoms with Crippen LogP contribution in [0.5, 0.6) is 0 Å². The summed E-state index contributed by atoms with van der Waals surface area (Å²) in [4.78, 5) is 0. The van der Waals surface area contributed by atoms with Crippen LogP contribution in [0.25, 0.3) is 0 Å². The Morgan fingerprint density at radius 2 is 2.29 bits per heavy atom. The lowest BCUT2D eigenvalue weighted by Crippen LogP contribution is -2.38. The Morgan fingerprint density at radius 3 is 3.07 bits per heavy atom. The van der Waals surface area contributed by atoms with E-state index in [0.29, 0.717) is 23.2 Å². The molecule has 0 bridgehead atoms. The molecule has 78 valence electrons. The van der Waals surface area contributed by atoms with Crippen molar-refractivity contribution < 1.29 is 5.11 Å². The summed E-state index contributed by atoms with van der Waals surface area (Å²) in [6.45, 7) is 4.60. The maximum Gasteiger partial charge on any atom is 0.0608 e. The molecule has 1 heteroatoms. The normalized spacial score (nSPS) is 55.8. The molecule has 0 aromatic heterocycles. The van der Waals surface area contributed by atoms with Crippen LogP contribution in [-0.4, -0.2) is 11.2 Å². The summed E-state index contributed by atoms with van der Waals surface area (Å²) in [6, 6.07) is 0. The van der Waals surface area contributed by atoms with Gasteiger partial charge in [0.05, 0.1) is 6.10 Å². The monoisotopic (exact) mass is 192 g/mol. The van der Waals surface area contributed by atoms with Gasteiger partial charge in [-0.1, -0.05) is 25.5 Å². The van der Waals surface area contributed by atoms with Crippen molar-refractivity contribution in [1.82, 2.24) is 0 Å². The Balaban J connectivity index is 2.00. The molecule has 5 atom stereocenters. The van der Waals surface area contributed by atoms with Crippen molar-refractivity contribution in [3.8, 4) is 0 Å². The first kappa shape index (κ1) is 8.96. The van der Waals surface area contributed by atoms with E-state index in [0.717, 1.165) is 0 Å². The molecule has 0 saturated heterocycles. The summed E-state index contributed by atoms with van der Waals surface area (Å²) in [5, 5.41) is 10.2. The van der Waals surface area contributed by atoms with Crippen LogP contribution in [0.1, 0.15) is 39.5 Å². The van der Waals surface area contributed by atoms with Gasteiger partial charge in [0.2, 0.25) is 0 Å². The van der Waals surface area contributed by atoms with E-state index in [4.69, 9.17) is 0 Å². The van der Waals surface area contributed by atoms with Gasteiger partial charge >= 0.3 is 0 Å². The highest BCUT2D eigenvalue weighted by Gasteiger charge is 2.62. The Labute approximate surface area is 86.2 Å². The minimum absolute atomic E-state index is 0.0275. The van der Waals surface area contributed by atoms with Gasteiger partial charge in [-0.15, -0.1) is 0 Å². The van der Waals surface area contributed by atoms with E-state index in [1.165, 1.54) is 25.7 Å². The van der Waals surface area contributed by atoms with Crippen LogP contribution in [0, 0.1) is 23.2 Å². The van der Waals surface area contributed by atoms with Crippen LogP contribution < -0.4 is 0 Å². The minimum atomic E-state index is -0.0275. The Bertz CT molecular complexity index is 294. The lowest BCUT2D eigenvalue weighted by molar-refractivity contribution is 0.0354. The van der Waals surface area contributed by atoms with Crippen molar-refractivity contribution in [3.63, 3.8) is 0 Å². The fourth-order valence-corrected chi connectivity index (χ4v) is 3.94. The molecular weight excluding hydrogens is 172 g/mol. The zero-order chi connectivity index (χ0) is 9.92. The highest BCUT2D eigenvalue weighted by molar-refractivity contribution is 5.33. The van der Waals surface area contributed by atoms with E-state index in [9.17, 15) is 5.11 Å². The Kier molecular flexibility index (Phi) is 1.69. The largest absolute Gasteiger partial charge is 0.393 e. The van der Waals surface area contributed by atoms with Crippen molar-refractivity contribution in [3.05, 3.63) is 11.6 Å². The van der Waals surface area contributed by atoms with E-state index in [1.807, 2.05) is 0 Å². The van der Waals surface area contributed by atoms with Gasteiger partial charge in [-0.3, -0.25) is 0 Å². The quantitative estimate of drug-likeness (QED) is 0.585. The van der Waals surface area contributed by atoms with E-state index < -0.39 is 0 Å². The van der Waals surface area contributed by atoms with E-state index >= 15 is 0 Å². The molecule has 14 heavy (non-hydrogen) atoms. The van der Waals surface area contributed by atoms with E-state index in [2.05, 4.69) is 19.9 Å². The molecule has 2 fully saturated rings. The van der Waals surface area contributed by atoms with Crippen molar-refractivity contribution in [2.75, 3.05) is 0 Å². The topological polar surface area (TPSA) is 20.2 Å². The highest BCUT2D eigenvalue weighted by Crippen LogP contribution is 2.67. The molecule has 0 heterocycles. The molecule has 3 aliphatic carbocycles. The van der Waals surface area contributed by atoms with Gasteiger partial charge in [-0.25, -0.2) is 0 Å². The standard InChI is InChI=1S/C13H20O/c1-8-9-5-3-4-6-10(9)13(2)7-11(13)12(8)14/h6,8-9,11-12,14H,3-5,7H2,1-2H3. The first-order chi connectivity index (χ1) is 6.64. The average molecular weight is 192 g/mol. The lowest BCUT2D eigenvalue weighted by atomic mass is 9.66. The summed E-state index contributed by atoms with van der Waals surface area (Å²) in [7, 11) is 0. The molecule has 1 N–H and O–H groups in total. The van der Waals surface area contributed by atoms with E-state index in [-0.39, 0.29) is 6.10 Å². The fraction of sp³-hybridized carbons (Fsp3) is 0.846. The smallest absolute Gasteiger partial charge is 0.0608 e. The summed E-state index contributed by atoms with van der Waals surface area (Å²) in [6.07, 6.45) is 7.60. The molecule has 0 radical (unpaired) electrons. The average Bonchev–Trinajstić information content (AvgIpc) is 2.89. The Morgan fingerprint density at radius 1 is 1.50 bits per heavy atom. The predicted octanol–water partition coefficient (Wildman–Crippen LogP) is 2.75. The third kappa shape index (κ3) is 0.942. The maximum atomic E-state index is 10.2. The third-order valence-electron chi connectivity index (χ3n) is 5.03. The van der Waals surface area contributed by atoms with Crippen molar-refractivity contribution in [1.29, 1.82) is 0 Å². The van der Waals surface area contributed by atoms with Crippen LogP contribution in [0.2, 0.25) is 0 Å². The number of rotatable bonds is 0. The number of aliphatic hydroxyl groups is 1. The summed E-state index contributed by atoms with van der Waals surface area (Å²) >= 11 is 0. The van der Waals surface area contributed by atoms with Crippen LogP contribution in [0.15, 0.2) is 11.6 Å². The lowest BCUT2D eigenvalue weighted by Gasteiger charge is -2.41. The SMILES string of the molecule is CC1C2CCCC=C2C2(C)CC2C1O. The van der Waals surface area contributed by atoms with Crippen molar-refractivity contribution in [2.45, 2.75) is 45.6 Å². The zero-order valence-electron chi connectivity index (χ0n) is 9.16. The third-order valence-corrected chi connectivity index (χ3v) is 5.03. The number of allylic oxidation sites excluding steroid dienone is 2. The van der Waals surface area contributed by atoms with Gasteiger partial charge in [0, 0.05) is 0 Å². The predicted molar refractivity (Wildman–Crippen MR) is 56.8 cm³/mol. The van der Waals surface area contributed by atoms with Gasteiger partial charge in [0.25, 0.3) is 0 Å². The van der Waals surface area contributed by atoms with Gasteiger partial charge < -0.3 is 5.11 Å². The van der Waals surface area contributed by atoms with Crippen LogP contribution >= 0.6 is 0 Å². The molecular formula is C13H20O. The van der Waals surface area contributed by atoms with Crippen LogP contribution in [0.3, 0.4) is 0 Å². The Hall–Kier alpha value is -0.300. The molecule has 2 saturated carbocycles. The molecule has 3 aliphatic rings. The summed E-state index contributed by atoms with van der Waals surface area (Å²) < 4.78 is 0. The number of hydrogen-bond donors (Lipinski definition) is 1. The molecule has 0 amide bonds. The molecule has 0 spiro atoms. The second kappa shape index (κ2) is 2.63. The first-order valence-corrected chi connectivity index (χ1v) is 6.03. The van der Waals surface area contributed by atoms with Crippen molar-refractivity contribution in [2.24, 2.45) is 23.2 Å². The van der Waals surface area contributed by atoms with Crippen LogP contribution in [0.4, 0.5) is 0 Å². The molecule has 5 unspecified atom stereocenters. The molecule has 0 aliphatic heterocycles. The summed E-state index contributed by atoms with van der Waals surface area (Å²) in [5.74, 6) is 1.78. The highest BCUT2D eigenvalue weighted by atomic mass is 16.3. The number of aliphatic hydroxyl groups excluding tert-OH is 1. The minimum Gasteiger partial charge on any atom is -0.393 e. The van der Waals surface area contributed by atoms with Gasteiger partial charge in [0.15, 0.2) is 0 Å². The van der Waals surface area contributed by atoms with Gasteiger partial charge in [-0.2, -0.15) is 0 Å². The number of fused-ring (bicyclic) bond motifs is 3. The first-order valence-electron chi connectivity index (χ1n) is 6.03. The summed E-state index contributed by atoms with van der Waals surface area (Å²) in [5.41, 5.74) is 2.10.